The molecular weight excluding hydrogens is 306 g/mol. The second-order valence-corrected chi connectivity index (χ2v) is 6.68. The van der Waals surface area contributed by atoms with Gasteiger partial charge in [0.25, 0.3) is 0 Å². The van der Waals surface area contributed by atoms with Crippen LogP contribution in [0.2, 0.25) is 0 Å². The van der Waals surface area contributed by atoms with Gasteiger partial charge in [-0.1, -0.05) is 0 Å². The van der Waals surface area contributed by atoms with Crippen molar-refractivity contribution in [3.8, 4) is 5.88 Å². The number of methoxy groups -OCH3 is 1. The van der Waals surface area contributed by atoms with Gasteiger partial charge in [-0.2, -0.15) is 20.2 Å². The number of fused-ring (bicyclic) bond motifs is 1. The molecule has 0 radical (unpaired) electrons. The van der Waals surface area contributed by atoms with Crippen molar-refractivity contribution < 1.29 is 4.74 Å². The van der Waals surface area contributed by atoms with E-state index >= 15 is 0 Å². The molecule has 8 nitrogen and oxygen atoms in total. The van der Waals surface area contributed by atoms with Crippen LogP contribution < -0.4 is 10.1 Å². The lowest BCUT2D eigenvalue weighted by Gasteiger charge is -2.20. The van der Waals surface area contributed by atoms with Gasteiger partial charge in [-0.05, 0) is 26.8 Å². The van der Waals surface area contributed by atoms with Crippen LogP contribution in [-0.4, -0.2) is 43.2 Å². The molecule has 0 atom stereocenters. The Kier molecular flexibility index (Phi) is 4.13. The van der Waals surface area contributed by atoms with Crippen molar-refractivity contribution in [2.24, 2.45) is 7.05 Å². The number of hydrogen-bond acceptors (Lipinski definition) is 6. The molecule has 1 N–H and O–H groups in total. The number of hydrogen-bond donors (Lipinski definition) is 1. The first kappa shape index (κ1) is 16.2. The van der Waals surface area contributed by atoms with E-state index in [1.165, 1.54) is 0 Å². The Hall–Kier alpha value is -2.64. The zero-order valence-corrected chi connectivity index (χ0v) is 14.7. The monoisotopic (exact) mass is 329 g/mol. The first-order valence-corrected chi connectivity index (χ1v) is 7.91. The molecule has 3 heterocycles. The van der Waals surface area contributed by atoms with Gasteiger partial charge in [-0.15, -0.1) is 0 Å². The average molecular weight is 329 g/mol. The van der Waals surface area contributed by atoms with E-state index in [1.54, 1.807) is 18.0 Å². The predicted octanol–water partition coefficient (Wildman–Crippen LogP) is 1.98. The molecule has 24 heavy (non-hydrogen) atoms. The largest absolute Gasteiger partial charge is 0.480 e. The number of nitrogens with zero attached hydrogens (tertiary/aromatic N) is 6. The molecule has 0 aliphatic rings. The van der Waals surface area contributed by atoms with Crippen LogP contribution in [0.3, 0.4) is 0 Å². The second-order valence-electron chi connectivity index (χ2n) is 6.68. The molecule has 0 fully saturated rings. The molecule has 0 aliphatic carbocycles. The van der Waals surface area contributed by atoms with Crippen LogP contribution in [-0.2, 0) is 19.0 Å². The first-order chi connectivity index (χ1) is 11.4. The standard InChI is InChI=1S/C16H23N7O/c1-16(2,3)23-13-12(10-18-23)14(24-5)20-15(19-13)17-8-6-11-7-9-22(4)21-11/h7,9-10H,6,8H2,1-5H3,(H,17,19,20). The van der Waals surface area contributed by atoms with Gasteiger partial charge in [0.15, 0.2) is 5.65 Å². The summed E-state index contributed by atoms with van der Waals surface area (Å²) in [6.07, 6.45) is 4.48. The molecular formula is C16H23N7O. The average Bonchev–Trinajstić information content (AvgIpc) is 3.12. The Bertz CT molecular complexity index is 844. The second kappa shape index (κ2) is 6.10. The van der Waals surface area contributed by atoms with Gasteiger partial charge in [0.1, 0.15) is 5.39 Å². The summed E-state index contributed by atoms with van der Waals surface area (Å²) in [4.78, 5) is 9.05. The van der Waals surface area contributed by atoms with Gasteiger partial charge in [-0.25, -0.2) is 4.68 Å². The van der Waals surface area contributed by atoms with Crippen molar-refractivity contribution in [3.63, 3.8) is 0 Å². The van der Waals surface area contributed by atoms with E-state index in [2.05, 4.69) is 46.3 Å². The topological polar surface area (TPSA) is 82.7 Å². The normalized spacial score (nSPS) is 11.9. The third-order valence-corrected chi connectivity index (χ3v) is 3.66. The molecule has 0 aliphatic heterocycles. The van der Waals surface area contributed by atoms with Crippen LogP contribution in [0.1, 0.15) is 26.5 Å². The number of ether oxygens (including phenoxy) is 1. The van der Waals surface area contributed by atoms with E-state index in [0.29, 0.717) is 18.4 Å². The maximum Gasteiger partial charge on any atom is 0.229 e. The van der Waals surface area contributed by atoms with Gasteiger partial charge in [0.05, 0.1) is 24.5 Å². The van der Waals surface area contributed by atoms with Crippen LogP contribution >= 0.6 is 0 Å². The number of nitrogens with one attached hydrogen (secondary N) is 1. The fourth-order valence-electron chi connectivity index (χ4n) is 2.51. The van der Waals surface area contributed by atoms with E-state index in [-0.39, 0.29) is 5.54 Å². The Morgan fingerprint density at radius 3 is 2.67 bits per heavy atom. The summed E-state index contributed by atoms with van der Waals surface area (Å²) in [5, 5.41) is 12.9. The highest BCUT2D eigenvalue weighted by atomic mass is 16.5. The van der Waals surface area contributed by atoms with Crippen molar-refractivity contribution in [1.82, 2.24) is 29.5 Å². The van der Waals surface area contributed by atoms with E-state index in [0.717, 1.165) is 23.1 Å². The zero-order valence-electron chi connectivity index (χ0n) is 14.7. The Labute approximate surface area is 140 Å². The number of rotatable bonds is 5. The fraction of sp³-hybridized carbons (Fsp3) is 0.500. The molecule has 0 bridgehead atoms. The molecule has 0 amide bonds. The van der Waals surface area contributed by atoms with Crippen molar-refractivity contribution in [1.29, 1.82) is 0 Å². The van der Waals surface area contributed by atoms with Crippen LogP contribution in [0, 0.1) is 0 Å². The Balaban J connectivity index is 1.84. The lowest BCUT2D eigenvalue weighted by molar-refractivity contribution is 0.365. The summed E-state index contributed by atoms with van der Waals surface area (Å²) in [6, 6.07) is 2.00. The first-order valence-electron chi connectivity index (χ1n) is 7.91. The maximum atomic E-state index is 5.40. The maximum absolute atomic E-state index is 5.40. The molecule has 0 saturated heterocycles. The van der Waals surface area contributed by atoms with Gasteiger partial charge in [-0.3, -0.25) is 4.68 Å². The van der Waals surface area contributed by atoms with Gasteiger partial charge in [0.2, 0.25) is 11.8 Å². The fourth-order valence-corrected chi connectivity index (χ4v) is 2.51. The summed E-state index contributed by atoms with van der Waals surface area (Å²) < 4.78 is 9.08. The predicted molar refractivity (Wildman–Crippen MR) is 92.3 cm³/mol. The summed E-state index contributed by atoms with van der Waals surface area (Å²) in [7, 11) is 3.51. The quantitative estimate of drug-likeness (QED) is 0.771. The third kappa shape index (κ3) is 3.17. The van der Waals surface area contributed by atoms with Gasteiger partial charge in [0, 0.05) is 26.2 Å². The van der Waals surface area contributed by atoms with Crippen LogP contribution in [0.25, 0.3) is 11.0 Å². The van der Waals surface area contributed by atoms with Crippen molar-refractivity contribution in [2.45, 2.75) is 32.7 Å². The molecule has 3 aromatic rings. The van der Waals surface area contributed by atoms with Gasteiger partial charge >= 0.3 is 0 Å². The SMILES string of the molecule is COc1nc(NCCc2ccn(C)n2)nc2c1cnn2C(C)(C)C. The van der Waals surface area contributed by atoms with Crippen LogP contribution in [0.15, 0.2) is 18.5 Å². The van der Waals surface area contributed by atoms with Crippen molar-refractivity contribution in [3.05, 3.63) is 24.2 Å². The minimum absolute atomic E-state index is 0.174. The Morgan fingerprint density at radius 2 is 2.04 bits per heavy atom. The molecule has 3 aromatic heterocycles. The van der Waals surface area contributed by atoms with Crippen molar-refractivity contribution >= 4 is 17.0 Å². The lowest BCUT2D eigenvalue weighted by Crippen LogP contribution is -2.23. The summed E-state index contributed by atoms with van der Waals surface area (Å²) >= 11 is 0. The van der Waals surface area contributed by atoms with Crippen LogP contribution in [0.4, 0.5) is 5.95 Å². The zero-order chi connectivity index (χ0) is 17.3. The number of aryl methyl sites for hydroxylation is 1. The molecule has 0 saturated carbocycles. The van der Waals surface area contributed by atoms with Gasteiger partial charge < -0.3 is 10.1 Å². The lowest BCUT2D eigenvalue weighted by atomic mass is 10.1. The molecule has 0 unspecified atom stereocenters. The van der Waals surface area contributed by atoms with E-state index < -0.39 is 0 Å². The highest BCUT2D eigenvalue weighted by Crippen LogP contribution is 2.27. The van der Waals surface area contributed by atoms with Crippen LogP contribution in [0.5, 0.6) is 5.88 Å². The number of anilines is 1. The molecule has 8 heteroatoms. The number of aromatic nitrogens is 6. The Morgan fingerprint density at radius 1 is 1.25 bits per heavy atom. The molecule has 0 aromatic carbocycles. The van der Waals surface area contributed by atoms with E-state index in [1.807, 2.05) is 24.0 Å². The highest BCUT2D eigenvalue weighted by Gasteiger charge is 2.21. The minimum atomic E-state index is -0.174. The molecule has 3 rings (SSSR count). The van der Waals surface area contributed by atoms with E-state index in [4.69, 9.17) is 4.74 Å². The molecule has 0 spiro atoms. The minimum Gasteiger partial charge on any atom is -0.480 e. The summed E-state index contributed by atoms with van der Waals surface area (Å²) in [5.41, 5.74) is 1.61. The molecule has 128 valence electrons. The summed E-state index contributed by atoms with van der Waals surface area (Å²) in [6.45, 7) is 6.95. The van der Waals surface area contributed by atoms with E-state index in [9.17, 15) is 0 Å². The third-order valence-electron chi connectivity index (χ3n) is 3.66. The summed E-state index contributed by atoms with van der Waals surface area (Å²) in [5.74, 6) is 1.05. The highest BCUT2D eigenvalue weighted by molar-refractivity contribution is 5.81. The van der Waals surface area contributed by atoms with Crippen molar-refractivity contribution in [2.75, 3.05) is 19.0 Å². The smallest absolute Gasteiger partial charge is 0.229 e.